The van der Waals surface area contributed by atoms with Crippen LogP contribution in [0, 0.1) is 10.1 Å². The summed E-state index contributed by atoms with van der Waals surface area (Å²) in [5.41, 5.74) is 3.71. The molecule has 0 amide bonds. The van der Waals surface area contributed by atoms with Crippen molar-refractivity contribution in [2.75, 3.05) is 0 Å². The van der Waals surface area contributed by atoms with E-state index in [1.165, 1.54) is 12.3 Å². The van der Waals surface area contributed by atoms with Crippen LogP contribution in [0.3, 0.4) is 0 Å². The van der Waals surface area contributed by atoms with E-state index in [1.807, 2.05) is 12.1 Å². The van der Waals surface area contributed by atoms with E-state index in [1.54, 1.807) is 54.9 Å². The maximum atomic E-state index is 11.1. The predicted octanol–water partition coefficient (Wildman–Crippen LogP) is 3.09. The van der Waals surface area contributed by atoms with Crippen molar-refractivity contribution in [1.82, 2.24) is 15.4 Å². The Kier molecular flexibility index (Phi) is 5.36. The number of nitro groups is 1. The van der Waals surface area contributed by atoms with Crippen LogP contribution in [0.1, 0.15) is 11.3 Å². The van der Waals surface area contributed by atoms with Gasteiger partial charge in [0.2, 0.25) is 0 Å². The minimum atomic E-state index is -0.455. The maximum Gasteiger partial charge on any atom is 0.278 e. The highest BCUT2D eigenvalue weighted by Crippen LogP contribution is 2.15. The fourth-order valence-electron chi connectivity index (χ4n) is 2.10. The zero-order chi connectivity index (χ0) is 18.2. The van der Waals surface area contributed by atoms with Crippen LogP contribution < -0.4 is 5.43 Å². The highest BCUT2D eigenvalue weighted by atomic mass is 16.6. The summed E-state index contributed by atoms with van der Waals surface area (Å²) in [7, 11) is 0. The monoisotopic (exact) mass is 346 g/mol. The first kappa shape index (κ1) is 16.9. The van der Waals surface area contributed by atoms with Crippen molar-refractivity contribution in [2.24, 2.45) is 10.1 Å². The summed E-state index contributed by atoms with van der Waals surface area (Å²) in [6, 6.07) is 17.1. The highest BCUT2D eigenvalue weighted by Gasteiger charge is 2.10. The molecule has 0 aliphatic rings. The number of hydrogen-bond donors (Lipinski definition) is 1. The van der Waals surface area contributed by atoms with E-state index in [0.29, 0.717) is 22.9 Å². The molecule has 3 rings (SSSR count). The van der Waals surface area contributed by atoms with Crippen molar-refractivity contribution in [3.05, 3.63) is 94.4 Å². The third-order valence-electron chi connectivity index (χ3n) is 3.29. The number of nitro benzene ring substituents is 1. The zero-order valence-corrected chi connectivity index (χ0v) is 13.6. The molecule has 1 N–H and O–H groups in total. The summed E-state index contributed by atoms with van der Waals surface area (Å²) < 4.78 is 0. The first-order valence-corrected chi connectivity index (χ1v) is 7.67. The Labute approximate surface area is 149 Å². The maximum absolute atomic E-state index is 11.1. The number of benzene rings is 1. The number of aliphatic imine (C=N–C) groups is 1. The summed E-state index contributed by atoms with van der Waals surface area (Å²) in [6.07, 6.45) is 4.64. The Morgan fingerprint density at radius 3 is 2.42 bits per heavy atom. The Morgan fingerprint density at radius 2 is 1.73 bits per heavy atom. The second kappa shape index (κ2) is 8.25. The summed E-state index contributed by atoms with van der Waals surface area (Å²) in [5.74, 6) is 0.862. The van der Waals surface area contributed by atoms with Crippen LogP contribution in [-0.2, 0) is 0 Å². The van der Waals surface area contributed by atoms with Crippen molar-refractivity contribution in [2.45, 2.75) is 0 Å². The molecule has 2 aromatic heterocycles. The van der Waals surface area contributed by atoms with Crippen molar-refractivity contribution >= 4 is 23.6 Å². The molecule has 3 aromatic rings. The second-order valence-electron chi connectivity index (χ2n) is 5.05. The molecule has 0 fully saturated rings. The molecule has 0 saturated carbocycles. The van der Waals surface area contributed by atoms with Gasteiger partial charge in [-0.25, -0.2) is 9.98 Å². The first-order valence-electron chi connectivity index (χ1n) is 7.67. The normalized spacial score (nSPS) is 11.5. The largest absolute Gasteiger partial charge is 0.278 e. The molecule has 1 aromatic carbocycles. The minimum absolute atomic E-state index is 0.0286. The van der Waals surface area contributed by atoms with Crippen LogP contribution in [0.5, 0.6) is 0 Å². The van der Waals surface area contributed by atoms with Gasteiger partial charge in [-0.2, -0.15) is 5.10 Å². The number of aromatic nitrogens is 2. The lowest BCUT2D eigenvalue weighted by atomic mass is 10.2. The fraction of sp³-hybridized carbons (Fsp3) is 0. The van der Waals surface area contributed by atoms with Gasteiger partial charge in [-0.15, -0.1) is 0 Å². The van der Waals surface area contributed by atoms with Gasteiger partial charge in [-0.3, -0.25) is 20.5 Å². The molecule has 0 radical (unpaired) electrons. The number of hydrogen-bond acceptors (Lipinski definition) is 6. The molecule has 0 unspecified atom stereocenters. The number of rotatable bonds is 5. The number of nitrogens with zero attached hydrogens (tertiary/aromatic N) is 5. The Bertz CT molecular complexity index is 942. The van der Waals surface area contributed by atoms with Gasteiger partial charge < -0.3 is 0 Å². The summed E-state index contributed by atoms with van der Waals surface area (Å²) in [4.78, 5) is 23.4. The molecule has 2 heterocycles. The van der Waals surface area contributed by atoms with Gasteiger partial charge in [0.1, 0.15) is 5.69 Å². The molecule has 8 heteroatoms. The number of nitrogens with one attached hydrogen (secondary N) is 1. The average molecular weight is 346 g/mol. The number of para-hydroxylation sites is 1. The Hall–Kier alpha value is -3.94. The third-order valence-corrected chi connectivity index (χ3v) is 3.29. The molecule has 0 aliphatic carbocycles. The van der Waals surface area contributed by atoms with Crippen LogP contribution >= 0.6 is 0 Å². The summed E-state index contributed by atoms with van der Waals surface area (Å²) in [5, 5.41) is 15.1. The van der Waals surface area contributed by atoms with E-state index >= 15 is 0 Å². The summed E-state index contributed by atoms with van der Waals surface area (Å²) >= 11 is 0. The predicted molar refractivity (Wildman–Crippen MR) is 98.5 cm³/mol. The van der Waals surface area contributed by atoms with Gasteiger partial charge in [0.15, 0.2) is 11.7 Å². The van der Waals surface area contributed by atoms with Crippen molar-refractivity contribution in [1.29, 1.82) is 0 Å². The average Bonchev–Trinajstić information content (AvgIpc) is 2.69. The molecule has 0 bridgehead atoms. The van der Waals surface area contributed by atoms with Gasteiger partial charge in [-0.05, 0) is 30.3 Å². The third kappa shape index (κ3) is 4.32. The molecule has 0 aliphatic heterocycles. The molecule has 8 nitrogen and oxygen atoms in total. The summed E-state index contributed by atoms with van der Waals surface area (Å²) in [6.45, 7) is 0. The molecule has 26 heavy (non-hydrogen) atoms. The van der Waals surface area contributed by atoms with Gasteiger partial charge in [0, 0.05) is 18.5 Å². The van der Waals surface area contributed by atoms with E-state index in [0.717, 1.165) is 0 Å². The zero-order valence-electron chi connectivity index (χ0n) is 13.6. The van der Waals surface area contributed by atoms with E-state index < -0.39 is 4.92 Å². The SMILES string of the molecule is O=[N+]([O-])c1ccccc1/C=N/N/C(=N\c1ccccn1)c1ccccn1. The van der Waals surface area contributed by atoms with Gasteiger partial charge >= 0.3 is 0 Å². The quantitative estimate of drug-likeness (QED) is 0.331. The molecule has 128 valence electrons. The van der Waals surface area contributed by atoms with Crippen LogP contribution in [0.4, 0.5) is 11.5 Å². The van der Waals surface area contributed by atoms with Crippen molar-refractivity contribution in [3.63, 3.8) is 0 Å². The minimum Gasteiger partial charge on any atom is -0.259 e. The van der Waals surface area contributed by atoms with Crippen LogP contribution in [0.25, 0.3) is 0 Å². The number of amidine groups is 1. The van der Waals surface area contributed by atoms with Crippen molar-refractivity contribution in [3.8, 4) is 0 Å². The lowest BCUT2D eigenvalue weighted by Gasteiger charge is -2.05. The molecule has 0 saturated heterocycles. The molecule has 0 spiro atoms. The van der Waals surface area contributed by atoms with E-state index in [9.17, 15) is 10.1 Å². The van der Waals surface area contributed by atoms with E-state index in [4.69, 9.17) is 0 Å². The van der Waals surface area contributed by atoms with Crippen LogP contribution in [-0.4, -0.2) is 26.9 Å². The number of pyridine rings is 2. The van der Waals surface area contributed by atoms with Crippen molar-refractivity contribution < 1.29 is 4.92 Å². The van der Waals surface area contributed by atoms with E-state index in [-0.39, 0.29) is 5.69 Å². The molecular formula is C18H14N6O2. The fourth-order valence-corrected chi connectivity index (χ4v) is 2.10. The highest BCUT2D eigenvalue weighted by molar-refractivity contribution is 5.99. The standard InChI is InChI=1S/C18H14N6O2/c25-24(26)16-9-2-1-7-14(16)13-21-23-18(15-8-3-5-11-19-15)22-17-10-4-6-12-20-17/h1-13H,(H,20,22,23)/b21-13+. The Morgan fingerprint density at radius 1 is 1.00 bits per heavy atom. The van der Waals surface area contributed by atoms with Gasteiger partial charge in [-0.1, -0.05) is 24.3 Å². The van der Waals surface area contributed by atoms with E-state index in [2.05, 4.69) is 25.5 Å². The molecule has 0 atom stereocenters. The lowest BCUT2D eigenvalue weighted by molar-refractivity contribution is -0.385. The van der Waals surface area contributed by atoms with Gasteiger partial charge in [0.25, 0.3) is 5.69 Å². The smallest absolute Gasteiger partial charge is 0.259 e. The first-order chi connectivity index (χ1) is 12.7. The lowest BCUT2D eigenvalue weighted by Crippen LogP contribution is -2.20. The topological polar surface area (TPSA) is 106 Å². The van der Waals surface area contributed by atoms with Crippen LogP contribution in [0.2, 0.25) is 0 Å². The second-order valence-corrected chi connectivity index (χ2v) is 5.05. The number of hydrazone groups is 1. The van der Waals surface area contributed by atoms with Gasteiger partial charge in [0.05, 0.1) is 16.7 Å². The molecular weight excluding hydrogens is 332 g/mol. The Balaban J connectivity index is 1.88. The van der Waals surface area contributed by atoms with Crippen LogP contribution in [0.15, 0.2) is 83.2 Å².